The maximum absolute atomic E-state index is 8.53. The van der Waals surface area contributed by atoms with Gasteiger partial charge in [-0.05, 0) is 30.7 Å². The molecule has 0 aliphatic heterocycles. The van der Waals surface area contributed by atoms with Gasteiger partial charge in [-0.1, -0.05) is 41.4 Å². The molecule has 2 rings (SSSR count). The largest absolute Gasteiger partial charge is 0.479 e. The van der Waals surface area contributed by atoms with Crippen molar-refractivity contribution in [2.45, 2.75) is 13.0 Å². The lowest BCUT2D eigenvalue weighted by molar-refractivity contribution is 0.368. The average Bonchev–Trinajstić information content (AvgIpc) is 2.48. The van der Waals surface area contributed by atoms with Crippen molar-refractivity contribution < 1.29 is 4.74 Å². The van der Waals surface area contributed by atoms with Crippen molar-refractivity contribution in [3.05, 3.63) is 58.1 Å². The van der Waals surface area contributed by atoms with Gasteiger partial charge in [-0.25, -0.2) is 0 Å². The van der Waals surface area contributed by atoms with E-state index in [1.165, 1.54) is 0 Å². The lowest BCUT2D eigenvalue weighted by Gasteiger charge is -2.18. The maximum Gasteiger partial charge on any atom is 0.174 e. The Hall–Kier alpha value is -1.89. The van der Waals surface area contributed by atoms with Gasteiger partial charge in [-0.2, -0.15) is 5.26 Å². The van der Waals surface area contributed by atoms with Crippen molar-refractivity contribution in [1.29, 1.82) is 5.26 Å². The van der Waals surface area contributed by atoms with Gasteiger partial charge in [0.05, 0.1) is 16.1 Å². The van der Waals surface area contributed by atoms with Crippen LogP contribution in [0.5, 0.6) is 5.75 Å². The summed E-state index contributed by atoms with van der Waals surface area (Å²) in [6, 6.07) is 14.9. The molecule has 3 nitrogen and oxygen atoms in total. The van der Waals surface area contributed by atoms with Crippen LogP contribution >= 0.6 is 23.2 Å². The third-order valence-electron chi connectivity index (χ3n) is 2.97. The number of halogens is 2. The van der Waals surface area contributed by atoms with E-state index in [9.17, 15) is 0 Å². The van der Waals surface area contributed by atoms with Crippen LogP contribution in [-0.2, 0) is 0 Å². The number of rotatable bonds is 5. The van der Waals surface area contributed by atoms with Gasteiger partial charge < -0.3 is 10.1 Å². The average molecular weight is 321 g/mol. The smallest absolute Gasteiger partial charge is 0.174 e. The Balaban J connectivity index is 2.14. The summed E-state index contributed by atoms with van der Waals surface area (Å²) < 4.78 is 5.28. The highest BCUT2D eigenvalue weighted by molar-refractivity contribution is 6.42. The van der Waals surface area contributed by atoms with E-state index < -0.39 is 0 Å². The molecule has 0 spiro atoms. The summed E-state index contributed by atoms with van der Waals surface area (Å²) in [6.07, 6.45) is 0. The quantitative estimate of drug-likeness (QED) is 0.836. The molecule has 0 aliphatic rings. The fourth-order valence-corrected chi connectivity index (χ4v) is 2.45. The summed E-state index contributed by atoms with van der Waals surface area (Å²) in [5.41, 5.74) is 1.81. The third-order valence-corrected chi connectivity index (χ3v) is 3.80. The van der Waals surface area contributed by atoms with E-state index in [2.05, 4.69) is 5.32 Å². The first kappa shape index (κ1) is 15.5. The molecule has 1 atom stereocenters. The predicted molar refractivity (Wildman–Crippen MR) is 86.0 cm³/mol. The van der Waals surface area contributed by atoms with Crippen LogP contribution in [0.2, 0.25) is 10.0 Å². The minimum Gasteiger partial charge on any atom is -0.479 e. The van der Waals surface area contributed by atoms with Crippen molar-refractivity contribution in [2.75, 3.05) is 11.9 Å². The lowest BCUT2D eigenvalue weighted by Crippen LogP contribution is -2.07. The minimum atomic E-state index is -0.0117. The first-order valence-corrected chi connectivity index (χ1v) is 7.17. The van der Waals surface area contributed by atoms with Crippen LogP contribution in [0.15, 0.2) is 42.5 Å². The molecule has 108 valence electrons. The van der Waals surface area contributed by atoms with Crippen LogP contribution in [0.3, 0.4) is 0 Å². The molecular weight excluding hydrogens is 307 g/mol. The van der Waals surface area contributed by atoms with Crippen LogP contribution in [0, 0.1) is 11.3 Å². The zero-order chi connectivity index (χ0) is 15.2. The van der Waals surface area contributed by atoms with Gasteiger partial charge in [0.2, 0.25) is 0 Å². The van der Waals surface area contributed by atoms with E-state index in [4.69, 9.17) is 33.2 Å². The van der Waals surface area contributed by atoms with E-state index in [-0.39, 0.29) is 12.6 Å². The Morgan fingerprint density at radius 2 is 2.00 bits per heavy atom. The molecule has 2 aromatic rings. The van der Waals surface area contributed by atoms with Crippen molar-refractivity contribution >= 4 is 28.9 Å². The van der Waals surface area contributed by atoms with Crippen LogP contribution in [0.4, 0.5) is 5.69 Å². The highest BCUT2D eigenvalue weighted by Crippen LogP contribution is 2.31. The van der Waals surface area contributed by atoms with Crippen molar-refractivity contribution in [2.24, 2.45) is 0 Å². The highest BCUT2D eigenvalue weighted by Gasteiger charge is 2.12. The molecule has 0 bridgehead atoms. The predicted octanol–water partition coefficient (Wildman–Crippen LogP) is 5.07. The molecular formula is C16H14Cl2N2O. The SMILES string of the molecule is CC(Nc1cccc(OCC#N)c1)c1cccc(Cl)c1Cl. The molecule has 1 N–H and O–H groups in total. The maximum atomic E-state index is 8.53. The second-order valence-corrected chi connectivity index (χ2v) is 5.27. The molecule has 0 heterocycles. The Labute approximate surface area is 134 Å². The van der Waals surface area contributed by atoms with E-state index in [1.54, 1.807) is 12.1 Å². The van der Waals surface area contributed by atoms with E-state index >= 15 is 0 Å². The number of nitrogens with zero attached hydrogens (tertiary/aromatic N) is 1. The van der Waals surface area contributed by atoms with Gasteiger partial charge in [-0.3, -0.25) is 0 Å². The number of ether oxygens (including phenoxy) is 1. The van der Waals surface area contributed by atoms with Crippen molar-refractivity contribution in [1.82, 2.24) is 0 Å². The van der Waals surface area contributed by atoms with Gasteiger partial charge in [-0.15, -0.1) is 0 Å². The summed E-state index contributed by atoms with van der Waals surface area (Å²) >= 11 is 12.3. The zero-order valence-electron chi connectivity index (χ0n) is 11.4. The van der Waals surface area contributed by atoms with E-state index in [0.717, 1.165) is 11.3 Å². The fourth-order valence-electron chi connectivity index (χ4n) is 1.97. The molecule has 0 saturated carbocycles. The number of nitrogens with one attached hydrogen (secondary N) is 1. The summed E-state index contributed by atoms with van der Waals surface area (Å²) in [6.45, 7) is 2.03. The van der Waals surface area contributed by atoms with Crippen LogP contribution in [-0.4, -0.2) is 6.61 Å². The summed E-state index contributed by atoms with van der Waals surface area (Å²) in [5, 5.41) is 13.0. The first-order chi connectivity index (χ1) is 10.1. The monoisotopic (exact) mass is 320 g/mol. The molecule has 2 aromatic carbocycles. The normalized spacial score (nSPS) is 11.5. The Bertz CT molecular complexity index is 668. The lowest BCUT2D eigenvalue weighted by atomic mass is 10.1. The minimum absolute atomic E-state index is 0.0117. The van der Waals surface area contributed by atoms with Gasteiger partial charge in [0.1, 0.15) is 11.8 Å². The summed E-state index contributed by atoms with van der Waals surface area (Å²) in [7, 11) is 0. The standard InChI is InChI=1S/C16H14Cl2N2O/c1-11(14-6-3-7-15(17)16(14)18)20-12-4-2-5-13(10-12)21-9-8-19/h2-7,10-11,20H,9H2,1H3. The molecule has 0 saturated heterocycles. The Kier molecular flexibility index (Phi) is 5.32. The topological polar surface area (TPSA) is 45.0 Å². The highest BCUT2D eigenvalue weighted by atomic mass is 35.5. The third kappa shape index (κ3) is 4.04. The molecule has 0 aromatic heterocycles. The Morgan fingerprint density at radius 3 is 2.76 bits per heavy atom. The number of anilines is 1. The zero-order valence-corrected chi connectivity index (χ0v) is 12.9. The molecule has 0 fully saturated rings. The van der Waals surface area contributed by atoms with Crippen LogP contribution < -0.4 is 10.1 Å². The van der Waals surface area contributed by atoms with Crippen molar-refractivity contribution in [3.8, 4) is 11.8 Å². The van der Waals surface area contributed by atoms with Gasteiger partial charge in [0.25, 0.3) is 0 Å². The Morgan fingerprint density at radius 1 is 1.24 bits per heavy atom. The van der Waals surface area contributed by atoms with E-state index in [1.807, 2.05) is 43.3 Å². The number of benzene rings is 2. The summed E-state index contributed by atoms with van der Waals surface area (Å²) in [5.74, 6) is 0.644. The van der Waals surface area contributed by atoms with Crippen LogP contribution in [0.1, 0.15) is 18.5 Å². The van der Waals surface area contributed by atoms with Gasteiger partial charge in [0.15, 0.2) is 6.61 Å². The van der Waals surface area contributed by atoms with Crippen LogP contribution in [0.25, 0.3) is 0 Å². The van der Waals surface area contributed by atoms with Crippen molar-refractivity contribution in [3.63, 3.8) is 0 Å². The second kappa shape index (κ2) is 7.21. The molecule has 5 heteroatoms. The van der Waals surface area contributed by atoms with Gasteiger partial charge in [0, 0.05) is 11.8 Å². The molecule has 21 heavy (non-hydrogen) atoms. The number of hydrogen-bond donors (Lipinski definition) is 1. The number of nitriles is 1. The molecule has 0 radical (unpaired) electrons. The first-order valence-electron chi connectivity index (χ1n) is 6.42. The summed E-state index contributed by atoms with van der Waals surface area (Å²) in [4.78, 5) is 0. The van der Waals surface area contributed by atoms with E-state index in [0.29, 0.717) is 15.8 Å². The molecule has 0 amide bonds. The second-order valence-electron chi connectivity index (χ2n) is 4.48. The fraction of sp³-hybridized carbons (Fsp3) is 0.188. The molecule has 0 aliphatic carbocycles. The molecule has 1 unspecified atom stereocenters. The van der Waals surface area contributed by atoms with Gasteiger partial charge >= 0.3 is 0 Å². The number of hydrogen-bond acceptors (Lipinski definition) is 3.